The van der Waals surface area contributed by atoms with E-state index in [4.69, 9.17) is 10.5 Å². The molecular weight excluding hydrogens is 276 g/mol. The summed E-state index contributed by atoms with van der Waals surface area (Å²) >= 11 is 0. The second-order valence-corrected chi connectivity index (χ2v) is 5.02. The summed E-state index contributed by atoms with van der Waals surface area (Å²) in [6.45, 7) is 1.50. The number of aromatic nitrogens is 1. The fourth-order valence-electron chi connectivity index (χ4n) is 2.72. The lowest BCUT2D eigenvalue weighted by atomic mass is 9.93. The molecule has 0 amide bonds. The van der Waals surface area contributed by atoms with Crippen molar-refractivity contribution in [3.63, 3.8) is 0 Å². The van der Waals surface area contributed by atoms with E-state index in [0.717, 1.165) is 22.0 Å². The first-order valence-corrected chi connectivity index (χ1v) is 6.96. The Bertz CT molecular complexity index is 872. The van der Waals surface area contributed by atoms with Gasteiger partial charge >= 0.3 is 0 Å². The maximum absolute atomic E-state index is 12.1. The molecule has 0 spiro atoms. The Hall–Kier alpha value is -2.88. The molecule has 0 saturated carbocycles. The van der Waals surface area contributed by atoms with Crippen LogP contribution in [0.5, 0.6) is 5.75 Å². The van der Waals surface area contributed by atoms with E-state index in [1.807, 2.05) is 48.5 Å². The standard InChI is InChI=1S/C18H16N2O2/c1-11(21)16-17(13-8-4-6-10-15(13)22-2)12-7-3-5-9-14(12)20-18(16)19/h3-10H,1-2H3,(H2,19,20). The van der Waals surface area contributed by atoms with Crippen molar-refractivity contribution >= 4 is 22.5 Å². The van der Waals surface area contributed by atoms with Gasteiger partial charge in [-0.1, -0.05) is 36.4 Å². The van der Waals surface area contributed by atoms with E-state index in [2.05, 4.69) is 4.98 Å². The van der Waals surface area contributed by atoms with Crippen molar-refractivity contribution in [2.24, 2.45) is 0 Å². The molecule has 22 heavy (non-hydrogen) atoms. The molecule has 0 atom stereocenters. The number of benzene rings is 2. The summed E-state index contributed by atoms with van der Waals surface area (Å²) in [7, 11) is 1.61. The maximum Gasteiger partial charge on any atom is 0.164 e. The second kappa shape index (κ2) is 5.48. The van der Waals surface area contributed by atoms with Crippen LogP contribution in [-0.2, 0) is 0 Å². The number of hydrogen-bond acceptors (Lipinski definition) is 4. The van der Waals surface area contributed by atoms with E-state index < -0.39 is 0 Å². The minimum atomic E-state index is -0.114. The van der Waals surface area contributed by atoms with E-state index in [1.54, 1.807) is 7.11 Å². The number of pyridine rings is 1. The van der Waals surface area contributed by atoms with Crippen LogP contribution in [-0.4, -0.2) is 17.9 Å². The zero-order chi connectivity index (χ0) is 15.7. The van der Waals surface area contributed by atoms with Crippen LogP contribution in [0.4, 0.5) is 5.82 Å². The van der Waals surface area contributed by atoms with Gasteiger partial charge in [-0.3, -0.25) is 4.79 Å². The van der Waals surface area contributed by atoms with Crippen molar-refractivity contribution in [1.29, 1.82) is 0 Å². The number of carbonyl (C=O) groups is 1. The SMILES string of the molecule is COc1ccccc1-c1c(C(C)=O)c(N)nc2ccccc12. The van der Waals surface area contributed by atoms with Crippen molar-refractivity contribution in [3.8, 4) is 16.9 Å². The normalized spacial score (nSPS) is 10.6. The summed E-state index contributed by atoms with van der Waals surface area (Å²) in [5, 5.41) is 0.881. The Morgan fingerprint density at radius 1 is 1.09 bits per heavy atom. The van der Waals surface area contributed by atoms with Crippen LogP contribution in [0, 0.1) is 0 Å². The Morgan fingerprint density at radius 3 is 2.50 bits per heavy atom. The molecule has 1 heterocycles. The number of ketones is 1. The fourth-order valence-corrected chi connectivity index (χ4v) is 2.72. The van der Waals surface area contributed by atoms with Gasteiger partial charge in [0.25, 0.3) is 0 Å². The monoisotopic (exact) mass is 292 g/mol. The van der Waals surface area contributed by atoms with Crippen LogP contribution in [0.3, 0.4) is 0 Å². The van der Waals surface area contributed by atoms with E-state index in [1.165, 1.54) is 6.92 Å². The molecule has 4 heteroatoms. The molecule has 1 aromatic heterocycles. The molecule has 0 fully saturated rings. The Labute approximate surface area is 128 Å². The van der Waals surface area contributed by atoms with Gasteiger partial charge in [0.2, 0.25) is 0 Å². The van der Waals surface area contributed by atoms with Crippen LogP contribution in [0.2, 0.25) is 0 Å². The molecule has 110 valence electrons. The first-order chi connectivity index (χ1) is 10.6. The van der Waals surface area contributed by atoms with Gasteiger partial charge in [-0.25, -0.2) is 4.98 Å². The average Bonchev–Trinajstić information content (AvgIpc) is 2.53. The van der Waals surface area contributed by atoms with E-state index in [9.17, 15) is 4.79 Å². The zero-order valence-electron chi connectivity index (χ0n) is 12.5. The highest BCUT2D eigenvalue weighted by Crippen LogP contribution is 2.39. The largest absolute Gasteiger partial charge is 0.496 e. The highest BCUT2D eigenvalue weighted by Gasteiger charge is 2.20. The van der Waals surface area contributed by atoms with Crippen LogP contribution in [0.1, 0.15) is 17.3 Å². The number of anilines is 1. The number of hydrogen-bond donors (Lipinski definition) is 1. The molecular formula is C18H16N2O2. The molecule has 4 nitrogen and oxygen atoms in total. The quantitative estimate of drug-likeness (QED) is 0.748. The third-order valence-electron chi connectivity index (χ3n) is 3.65. The zero-order valence-corrected chi connectivity index (χ0v) is 12.5. The first kappa shape index (κ1) is 14.1. The lowest BCUT2D eigenvalue weighted by Crippen LogP contribution is -2.06. The minimum Gasteiger partial charge on any atom is -0.496 e. The van der Waals surface area contributed by atoms with Crippen molar-refractivity contribution in [3.05, 3.63) is 54.1 Å². The van der Waals surface area contributed by atoms with Gasteiger partial charge in [-0.05, 0) is 19.1 Å². The van der Waals surface area contributed by atoms with Crippen molar-refractivity contribution in [2.75, 3.05) is 12.8 Å². The number of methoxy groups -OCH3 is 1. The summed E-state index contributed by atoms with van der Waals surface area (Å²) < 4.78 is 5.45. The molecule has 2 N–H and O–H groups in total. The van der Waals surface area contributed by atoms with Crippen molar-refractivity contribution < 1.29 is 9.53 Å². The lowest BCUT2D eigenvalue weighted by molar-refractivity contribution is 0.101. The summed E-state index contributed by atoms with van der Waals surface area (Å²) in [4.78, 5) is 16.5. The van der Waals surface area contributed by atoms with Gasteiger partial charge in [0.1, 0.15) is 11.6 Å². The smallest absolute Gasteiger partial charge is 0.164 e. The third-order valence-corrected chi connectivity index (χ3v) is 3.65. The Kier molecular flexibility index (Phi) is 3.51. The number of nitrogens with zero attached hydrogens (tertiary/aromatic N) is 1. The van der Waals surface area contributed by atoms with Crippen LogP contribution >= 0.6 is 0 Å². The number of carbonyl (C=O) groups excluding carboxylic acids is 1. The lowest BCUT2D eigenvalue weighted by Gasteiger charge is -2.15. The Balaban J connectivity index is 2.50. The topological polar surface area (TPSA) is 65.2 Å². The highest BCUT2D eigenvalue weighted by molar-refractivity contribution is 6.12. The van der Waals surface area contributed by atoms with Gasteiger partial charge in [0.05, 0.1) is 18.2 Å². The second-order valence-electron chi connectivity index (χ2n) is 5.02. The number of rotatable bonds is 3. The Morgan fingerprint density at radius 2 is 1.77 bits per heavy atom. The highest BCUT2D eigenvalue weighted by atomic mass is 16.5. The molecule has 3 aromatic rings. The van der Waals surface area contributed by atoms with Gasteiger partial charge in [-0.15, -0.1) is 0 Å². The molecule has 0 saturated heterocycles. The van der Waals surface area contributed by atoms with Crippen LogP contribution in [0.25, 0.3) is 22.0 Å². The summed E-state index contributed by atoms with van der Waals surface area (Å²) in [5.41, 5.74) is 8.84. The number of nitrogen functional groups attached to an aromatic ring is 1. The number of para-hydroxylation sites is 2. The molecule has 0 unspecified atom stereocenters. The first-order valence-electron chi connectivity index (χ1n) is 6.96. The average molecular weight is 292 g/mol. The molecule has 0 bridgehead atoms. The van der Waals surface area contributed by atoms with Crippen LogP contribution < -0.4 is 10.5 Å². The van der Waals surface area contributed by atoms with E-state index in [-0.39, 0.29) is 11.6 Å². The summed E-state index contributed by atoms with van der Waals surface area (Å²) in [6, 6.07) is 15.2. The summed E-state index contributed by atoms with van der Waals surface area (Å²) in [6.07, 6.45) is 0. The molecule has 2 aromatic carbocycles. The van der Waals surface area contributed by atoms with E-state index >= 15 is 0 Å². The number of ether oxygens (including phenoxy) is 1. The molecule has 0 radical (unpaired) electrons. The third kappa shape index (κ3) is 2.19. The number of nitrogens with two attached hydrogens (primary N) is 1. The molecule has 3 rings (SSSR count). The van der Waals surface area contributed by atoms with Crippen molar-refractivity contribution in [2.45, 2.75) is 6.92 Å². The minimum absolute atomic E-state index is 0.114. The number of Topliss-reactive ketones (excluding diaryl/α,β-unsaturated/α-hetero) is 1. The summed E-state index contributed by atoms with van der Waals surface area (Å²) in [5.74, 6) is 0.824. The molecule has 0 aliphatic heterocycles. The van der Waals surface area contributed by atoms with Crippen LogP contribution in [0.15, 0.2) is 48.5 Å². The van der Waals surface area contributed by atoms with E-state index in [0.29, 0.717) is 11.3 Å². The van der Waals surface area contributed by atoms with Gasteiger partial charge in [0.15, 0.2) is 5.78 Å². The fraction of sp³-hybridized carbons (Fsp3) is 0.111. The maximum atomic E-state index is 12.1. The molecule has 0 aliphatic rings. The molecule has 0 aliphatic carbocycles. The van der Waals surface area contributed by atoms with Gasteiger partial charge in [-0.2, -0.15) is 0 Å². The van der Waals surface area contributed by atoms with Crippen molar-refractivity contribution in [1.82, 2.24) is 4.98 Å². The van der Waals surface area contributed by atoms with Gasteiger partial charge < -0.3 is 10.5 Å². The predicted molar refractivity (Wildman–Crippen MR) is 88.1 cm³/mol. The number of fused-ring (bicyclic) bond motifs is 1. The predicted octanol–water partition coefficient (Wildman–Crippen LogP) is 3.70. The van der Waals surface area contributed by atoms with Gasteiger partial charge in [0, 0.05) is 16.5 Å².